The molecule has 0 radical (unpaired) electrons. The van der Waals surface area contributed by atoms with Gasteiger partial charge in [0.1, 0.15) is 5.82 Å². The van der Waals surface area contributed by atoms with Gasteiger partial charge in [-0.1, -0.05) is 17.7 Å². The first-order chi connectivity index (χ1) is 10.5. The molecule has 0 saturated heterocycles. The average Bonchev–Trinajstić information content (AvgIpc) is 2.84. The van der Waals surface area contributed by atoms with Gasteiger partial charge in [0.15, 0.2) is 0 Å². The van der Waals surface area contributed by atoms with Crippen molar-refractivity contribution in [1.29, 1.82) is 0 Å². The zero-order chi connectivity index (χ0) is 15.9. The van der Waals surface area contributed by atoms with Gasteiger partial charge in [0.25, 0.3) is 0 Å². The molecule has 0 unspecified atom stereocenters. The van der Waals surface area contributed by atoms with E-state index in [1.807, 2.05) is 22.6 Å². The lowest BCUT2D eigenvalue weighted by molar-refractivity contribution is 0.0698. The molecule has 0 aliphatic rings. The molecule has 0 aliphatic heterocycles. The summed E-state index contributed by atoms with van der Waals surface area (Å²) in [5.41, 5.74) is 1.25. The third-order valence-electron chi connectivity index (χ3n) is 3.25. The van der Waals surface area contributed by atoms with Crippen LogP contribution in [0.15, 0.2) is 36.5 Å². The molecule has 3 aromatic rings. The Morgan fingerprint density at radius 3 is 2.82 bits per heavy atom. The van der Waals surface area contributed by atoms with Gasteiger partial charge in [-0.25, -0.2) is 9.18 Å². The van der Waals surface area contributed by atoms with Crippen LogP contribution in [0.25, 0.3) is 10.9 Å². The highest BCUT2D eigenvalue weighted by atomic mass is 127. The van der Waals surface area contributed by atoms with Gasteiger partial charge in [-0.2, -0.15) is 5.10 Å². The molecule has 1 heterocycles. The maximum absolute atomic E-state index is 13.6. The second kappa shape index (κ2) is 5.85. The van der Waals surface area contributed by atoms with Crippen LogP contribution in [0.4, 0.5) is 4.39 Å². The minimum atomic E-state index is -1.08. The van der Waals surface area contributed by atoms with Crippen LogP contribution >= 0.6 is 34.2 Å². The van der Waals surface area contributed by atoms with Crippen molar-refractivity contribution in [2.45, 2.75) is 6.54 Å². The zero-order valence-corrected chi connectivity index (χ0v) is 14.0. The topological polar surface area (TPSA) is 55.1 Å². The Kier molecular flexibility index (Phi) is 4.05. The lowest BCUT2D eigenvalue weighted by Crippen LogP contribution is -2.06. The Balaban J connectivity index is 2.11. The molecule has 1 N–H and O–H groups in total. The van der Waals surface area contributed by atoms with Crippen LogP contribution in [0.3, 0.4) is 0 Å². The van der Waals surface area contributed by atoms with Gasteiger partial charge >= 0.3 is 5.97 Å². The summed E-state index contributed by atoms with van der Waals surface area (Å²) in [5, 5.41) is 14.5. The highest BCUT2D eigenvalue weighted by molar-refractivity contribution is 14.1. The molecule has 0 fully saturated rings. The van der Waals surface area contributed by atoms with Crippen molar-refractivity contribution in [1.82, 2.24) is 9.78 Å². The molecule has 0 saturated carbocycles. The Labute approximate surface area is 143 Å². The van der Waals surface area contributed by atoms with E-state index in [2.05, 4.69) is 5.10 Å². The van der Waals surface area contributed by atoms with Crippen molar-refractivity contribution in [3.63, 3.8) is 0 Å². The second-order valence-corrected chi connectivity index (χ2v) is 6.35. The molecule has 0 amide bonds. The summed E-state index contributed by atoms with van der Waals surface area (Å²) in [7, 11) is 0. The van der Waals surface area contributed by atoms with Crippen LogP contribution in [0, 0.1) is 9.39 Å². The Bertz CT molecular complexity index is 895. The fraction of sp³-hybridized carbons (Fsp3) is 0.0667. The molecule has 4 nitrogen and oxygen atoms in total. The predicted octanol–water partition coefficient (Wildman–Crippen LogP) is 4.18. The number of fused-ring (bicyclic) bond motifs is 1. The van der Waals surface area contributed by atoms with Crippen molar-refractivity contribution in [2.75, 3.05) is 0 Å². The molecule has 7 heteroatoms. The van der Waals surface area contributed by atoms with Crippen LogP contribution in [0.1, 0.15) is 15.9 Å². The van der Waals surface area contributed by atoms with Crippen LogP contribution in [0.5, 0.6) is 0 Å². The van der Waals surface area contributed by atoms with E-state index < -0.39 is 5.97 Å². The van der Waals surface area contributed by atoms with Gasteiger partial charge in [0.05, 0.1) is 23.8 Å². The number of aromatic nitrogens is 2. The fourth-order valence-electron chi connectivity index (χ4n) is 2.29. The molecular formula is C15H9ClFIN2O2. The minimum absolute atomic E-state index is 0.0750. The van der Waals surface area contributed by atoms with Crippen LogP contribution < -0.4 is 0 Å². The van der Waals surface area contributed by atoms with Crippen molar-refractivity contribution in [3.8, 4) is 0 Å². The first-order valence-corrected chi connectivity index (χ1v) is 7.73. The van der Waals surface area contributed by atoms with E-state index in [9.17, 15) is 14.3 Å². The second-order valence-electron chi connectivity index (χ2n) is 4.75. The highest BCUT2D eigenvalue weighted by Gasteiger charge is 2.15. The summed E-state index contributed by atoms with van der Waals surface area (Å²) in [6.07, 6.45) is 1.55. The number of halogens is 3. The van der Waals surface area contributed by atoms with Crippen molar-refractivity contribution in [2.24, 2.45) is 0 Å². The summed E-state index contributed by atoms with van der Waals surface area (Å²) in [6.45, 7) is 0.277. The van der Waals surface area contributed by atoms with Gasteiger partial charge < -0.3 is 5.11 Å². The zero-order valence-electron chi connectivity index (χ0n) is 11.1. The lowest BCUT2D eigenvalue weighted by Gasteiger charge is -2.07. The molecule has 0 bridgehead atoms. The van der Waals surface area contributed by atoms with E-state index in [1.165, 1.54) is 16.8 Å². The van der Waals surface area contributed by atoms with E-state index in [0.717, 1.165) is 0 Å². The van der Waals surface area contributed by atoms with E-state index in [-0.39, 0.29) is 17.9 Å². The van der Waals surface area contributed by atoms with Gasteiger partial charge in [0, 0.05) is 14.0 Å². The maximum Gasteiger partial charge on any atom is 0.337 e. The number of aromatic carboxylic acids is 1. The van der Waals surface area contributed by atoms with E-state index >= 15 is 0 Å². The quantitative estimate of drug-likeness (QED) is 0.634. The summed E-state index contributed by atoms with van der Waals surface area (Å²) in [5.74, 6) is -1.39. The number of nitrogens with zero attached hydrogens (tertiary/aromatic N) is 2. The van der Waals surface area contributed by atoms with Gasteiger partial charge in [-0.3, -0.25) is 4.68 Å². The van der Waals surface area contributed by atoms with E-state index in [4.69, 9.17) is 11.6 Å². The first kappa shape index (κ1) is 15.2. The number of rotatable bonds is 3. The molecule has 2 aromatic carbocycles. The molecular weight excluding hydrogens is 422 g/mol. The number of benzene rings is 2. The number of hydrogen-bond donors (Lipinski definition) is 1. The van der Waals surface area contributed by atoms with Gasteiger partial charge in [-0.05, 0) is 52.4 Å². The lowest BCUT2D eigenvalue weighted by atomic mass is 10.1. The molecule has 112 valence electrons. The average molecular weight is 431 g/mol. The standard InChI is InChI=1S/C15H9ClFIN2O2/c16-10-4-9-6-19-20(14(9)11(5-10)15(21)22)7-8-1-2-13(18)12(17)3-8/h1-6H,7H2,(H,21,22). The number of carboxylic acids is 1. The minimum Gasteiger partial charge on any atom is -0.478 e. The van der Waals surface area contributed by atoms with Crippen molar-refractivity contribution in [3.05, 3.63) is 62.1 Å². The van der Waals surface area contributed by atoms with Gasteiger partial charge in [-0.15, -0.1) is 0 Å². The van der Waals surface area contributed by atoms with Crippen LogP contribution in [0.2, 0.25) is 5.02 Å². The van der Waals surface area contributed by atoms with Crippen molar-refractivity contribution < 1.29 is 14.3 Å². The SMILES string of the molecule is O=C(O)c1cc(Cl)cc2cnn(Cc3ccc(I)c(F)c3)c12. The van der Waals surface area contributed by atoms with Crippen molar-refractivity contribution >= 4 is 51.1 Å². The van der Waals surface area contributed by atoms with Gasteiger partial charge in [0.2, 0.25) is 0 Å². The Morgan fingerprint density at radius 1 is 1.36 bits per heavy atom. The summed E-state index contributed by atoms with van der Waals surface area (Å²) >= 11 is 7.84. The third kappa shape index (κ3) is 2.80. The maximum atomic E-state index is 13.6. The Hall–Kier alpha value is -1.67. The summed E-state index contributed by atoms with van der Waals surface area (Å²) < 4.78 is 15.7. The fourth-order valence-corrected chi connectivity index (χ4v) is 2.85. The number of hydrogen-bond acceptors (Lipinski definition) is 2. The molecule has 0 aliphatic carbocycles. The number of carboxylic acid groups (broad SMARTS) is 1. The normalized spacial score (nSPS) is 11.0. The first-order valence-electron chi connectivity index (χ1n) is 6.28. The largest absolute Gasteiger partial charge is 0.478 e. The predicted molar refractivity (Wildman–Crippen MR) is 89.9 cm³/mol. The van der Waals surface area contributed by atoms with Crippen LogP contribution in [-0.2, 0) is 6.54 Å². The third-order valence-corrected chi connectivity index (χ3v) is 4.34. The number of carbonyl (C=O) groups is 1. The van der Waals surface area contributed by atoms with E-state index in [1.54, 1.807) is 24.4 Å². The summed E-state index contributed by atoms with van der Waals surface area (Å²) in [4.78, 5) is 11.4. The highest BCUT2D eigenvalue weighted by Crippen LogP contribution is 2.25. The monoisotopic (exact) mass is 430 g/mol. The molecule has 0 atom stereocenters. The molecule has 1 aromatic heterocycles. The molecule has 3 rings (SSSR count). The Morgan fingerprint density at radius 2 is 2.14 bits per heavy atom. The van der Waals surface area contributed by atoms with Crippen LogP contribution in [-0.4, -0.2) is 20.9 Å². The van der Waals surface area contributed by atoms with E-state index in [0.29, 0.717) is 25.1 Å². The molecule has 22 heavy (non-hydrogen) atoms. The molecule has 0 spiro atoms. The summed E-state index contributed by atoms with van der Waals surface area (Å²) in [6, 6.07) is 7.92. The smallest absolute Gasteiger partial charge is 0.337 e.